The zero-order chi connectivity index (χ0) is 17.6. The third-order valence-electron chi connectivity index (χ3n) is 3.87. The fraction of sp³-hybridized carbons (Fsp3) is 0.650. The number of aliphatic imine (C=N–C) groups is 1. The standard InChI is InChI=1S/C20H32ClNO2/c1-4-6-7-8-9-10-11-12-15-24-20(23-5-2)22-18-14-13-17(3)19(21)16-18/h13-14,16H,4-12,15H2,1-3H3. The van der Waals surface area contributed by atoms with Gasteiger partial charge in [0.15, 0.2) is 0 Å². The Bertz CT molecular complexity index is 489. The molecule has 0 aromatic heterocycles. The van der Waals surface area contributed by atoms with Crippen LogP contribution in [0, 0.1) is 6.92 Å². The Morgan fingerprint density at radius 2 is 1.62 bits per heavy atom. The molecule has 0 N–H and O–H groups in total. The Labute approximate surface area is 152 Å². The Kier molecular flexibility index (Phi) is 11.4. The third kappa shape index (κ3) is 9.17. The van der Waals surface area contributed by atoms with E-state index in [1.54, 1.807) is 0 Å². The summed E-state index contributed by atoms with van der Waals surface area (Å²) in [6.07, 6.45) is 10.6. The third-order valence-corrected chi connectivity index (χ3v) is 4.27. The number of hydrogen-bond donors (Lipinski definition) is 0. The Balaban J connectivity index is 2.30. The molecule has 24 heavy (non-hydrogen) atoms. The van der Waals surface area contributed by atoms with Crippen molar-refractivity contribution in [3.05, 3.63) is 28.8 Å². The van der Waals surface area contributed by atoms with Gasteiger partial charge in [0.05, 0.1) is 18.9 Å². The molecule has 0 radical (unpaired) electrons. The molecule has 136 valence electrons. The van der Waals surface area contributed by atoms with Gasteiger partial charge in [0.1, 0.15) is 0 Å². The molecule has 0 bridgehead atoms. The average Bonchev–Trinajstić information content (AvgIpc) is 2.57. The van der Waals surface area contributed by atoms with Crippen molar-refractivity contribution in [2.45, 2.75) is 72.1 Å². The van der Waals surface area contributed by atoms with E-state index in [2.05, 4.69) is 11.9 Å². The maximum absolute atomic E-state index is 6.13. The molecule has 0 unspecified atom stereocenters. The van der Waals surface area contributed by atoms with Gasteiger partial charge in [0.2, 0.25) is 0 Å². The van der Waals surface area contributed by atoms with Crippen LogP contribution in [0.25, 0.3) is 0 Å². The summed E-state index contributed by atoms with van der Waals surface area (Å²) < 4.78 is 11.2. The van der Waals surface area contributed by atoms with Gasteiger partial charge in [-0.25, -0.2) is 0 Å². The molecule has 0 aliphatic rings. The predicted molar refractivity (Wildman–Crippen MR) is 103 cm³/mol. The van der Waals surface area contributed by atoms with Gasteiger partial charge in [-0.2, -0.15) is 4.99 Å². The second-order valence-corrected chi connectivity index (χ2v) is 6.47. The molecule has 0 fully saturated rings. The van der Waals surface area contributed by atoms with Gasteiger partial charge < -0.3 is 9.47 Å². The first-order valence-electron chi connectivity index (χ1n) is 9.27. The molecule has 0 atom stereocenters. The highest BCUT2D eigenvalue weighted by Gasteiger charge is 2.04. The van der Waals surface area contributed by atoms with Crippen LogP contribution >= 0.6 is 11.6 Å². The Hall–Kier alpha value is -1.22. The number of rotatable bonds is 11. The van der Waals surface area contributed by atoms with E-state index in [-0.39, 0.29) is 0 Å². The van der Waals surface area contributed by atoms with Crippen LogP contribution in [0.3, 0.4) is 0 Å². The van der Waals surface area contributed by atoms with Crippen molar-refractivity contribution in [3.63, 3.8) is 0 Å². The first-order chi connectivity index (χ1) is 11.7. The first kappa shape index (κ1) is 20.8. The molecule has 0 heterocycles. The summed E-state index contributed by atoms with van der Waals surface area (Å²) in [6.45, 7) is 7.33. The number of benzene rings is 1. The number of nitrogens with zero attached hydrogens (tertiary/aromatic N) is 1. The zero-order valence-corrected chi connectivity index (χ0v) is 16.2. The molecule has 1 aromatic rings. The minimum absolute atomic E-state index is 0.334. The summed E-state index contributed by atoms with van der Waals surface area (Å²) in [5, 5.41) is 0.704. The van der Waals surface area contributed by atoms with Crippen molar-refractivity contribution < 1.29 is 9.47 Å². The zero-order valence-electron chi connectivity index (χ0n) is 15.4. The van der Waals surface area contributed by atoms with Crippen molar-refractivity contribution in [1.82, 2.24) is 0 Å². The molecule has 0 aliphatic heterocycles. The van der Waals surface area contributed by atoms with Gasteiger partial charge in [-0.3, -0.25) is 0 Å². The number of aryl methyl sites for hydroxylation is 1. The predicted octanol–water partition coefficient (Wildman–Crippen LogP) is 6.83. The molecule has 0 amide bonds. The molecular formula is C20H32ClNO2. The monoisotopic (exact) mass is 353 g/mol. The number of ether oxygens (including phenoxy) is 2. The topological polar surface area (TPSA) is 30.8 Å². The second kappa shape index (κ2) is 13.1. The number of hydrogen-bond acceptors (Lipinski definition) is 3. The van der Waals surface area contributed by atoms with Crippen LogP contribution in [0.1, 0.15) is 70.8 Å². The molecule has 1 aromatic carbocycles. The Morgan fingerprint density at radius 1 is 0.958 bits per heavy atom. The van der Waals surface area contributed by atoms with Crippen LogP contribution in [0.5, 0.6) is 0 Å². The van der Waals surface area contributed by atoms with Gasteiger partial charge in [-0.1, -0.05) is 69.5 Å². The van der Waals surface area contributed by atoms with Crippen LogP contribution in [0.2, 0.25) is 5.02 Å². The van der Waals surface area contributed by atoms with E-state index in [4.69, 9.17) is 21.1 Å². The minimum Gasteiger partial charge on any atom is -0.451 e. The lowest BCUT2D eigenvalue weighted by Gasteiger charge is -2.09. The molecule has 0 spiro atoms. The summed E-state index contributed by atoms with van der Waals surface area (Å²) in [7, 11) is 0. The van der Waals surface area contributed by atoms with E-state index in [9.17, 15) is 0 Å². The largest absolute Gasteiger partial charge is 0.451 e. The van der Waals surface area contributed by atoms with Gasteiger partial charge in [-0.15, -0.1) is 0 Å². The van der Waals surface area contributed by atoms with Crippen LogP contribution < -0.4 is 0 Å². The fourth-order valence-corrected chi connectivity index (χ4v) is 2.56. The van der Waals surface area contributed by atoms with E-state index in [1.807, 2.05) is 32.0 Å². The van der Waals surface area contributed by atoms with Crippen LogP contribution in [-0.2, 0) is 9.47 Å². The SMILES string of the molecule is CCCCCCCCCCOC(=Nc1ccc(C)c(Cl)c1)OCC. The smallest absolute Gasteiger partial charge is 0.388 e. The molecule has 0 aliphatic carbocycles. The maximum atomic E-state index is 6.13. The van der Waals surface area contributed by atoms with Crippen LogP contribution in [-0.4, -0.2) is 19.3 Å². The van der Waals surface area contributed by atoms with E-state index >= 15 is 0 Å². The van der Waals surface area contributed by atoms with Gasteiger partial charge in [0.25, 0.3) is 0 Å². The van der Waals surface area contributed by atoms with Crippen molar-refractivity contribution in [2.75, 3.05) is 13.2 Å². The maximum Gasteiger partial charge on any atom is 0.388 e. The minimum atomic E-state index is 0.334. The normalized spacial score (nSPS) is 11.6. The van der Waals surface area contributed by atoms with E-state index in [0.717, 1.165) is 17.7 Å². The summed E-state index contributed by atoms with van der Waals surface area (Å²) in [4.78, 5) is 4.41. The second-order valence-electron chi connectivity index (χ2n) is 6.07. The summed E-state index contributed by atoms with van der Waals surface area (Å²) in [5.41, 5.74) is 1.79. The quantitative estimate of drug-likeness (QED) is 0.248. The Morgan fingerprint density at radius 3 is 2.25 bits per heavy atom. The van der Waals surface area contributed by atoms with Gasteiger partial charge >= 0.3 is 6.08 Å². The van der Waals surface area contributed by atoms with E-state index in [0.29, 0.717) is 24.3 Å². The van der Waals surface area contributed by atoms with Crippen LogP contribution in [0.15, 0.2) is 23.2 Å². The molecule has 0 saturated heterocycles. The fourth-order valence-electron chi connectivity index (χ4n) is 2.38. The molecule has 3 nitrogen and oxygen atoms in total. The summed E-state index contributed by atoms with van der Waals surface area (Å²) in [6, 6.07) is 5.69. The molecule has 0 saturated carbocycles. The lowest BCUT2D eigenvalue weighted by molar-refractivity contribution is 0.170. The van der Waals surface area contributed by atoms with Gasteiger partial charge in [-0.05, 0) is 38.0 Å². The van der Waals surface area contributed by atoms with Crippen molar-refractivity contribution in [1.29, 1.82) is 0 Å². The van der Waals surface area contributed by atoms with Crippen LogP contribution in [0.4, 0.5) is 5.69 Å². The molecule has 1 rings (SSSR count). The summed E-state index contributed by atoms with van der Waals surface area (Å²) >= 11 is 6.13. The van der Waals surface area contributed by atoms with Crippen molar-refractivity contribution in [3.8, 4) is 0 Å². The first-order valence-corrected chi connectivity index (χ1v) is 9.65. The number of halogens is 1. The lowest BCUT2D eigenvalue weighted by Crippen LogP contribution is -2.10. The highest BCUT2D eigenvalue weighted by molar-refractivity contribution is 6.31. The van der Waals surface area contributed by atoms with E-state index in [1.165, 1.54) is 44.9 Å². The average molecular weight is 354 g/mol. The van der Waals surface area contributed by atoms with E-state index < -0.39 is 0 Å². The van der Waals surface area contributed by atoms with Crippen molar-refractivity contribution >= 4 is 23.4 Å². The molecular weight excluding hydrogens is 322 g/mol. The lowest BCUT2D eigenvalue weighted by atomic mass is 10.1. The summed E-state index contributed by atoms with van der Waals surface area (Å²) in [5.74, 6) is 0. The van der Waals surface area contributed by atoms with Gasteiger partial charge in [0, 0.05) is 5.02 Å². The number of unbranched alkanes of at least 4 members (excludes halogenated alkanes) is 7. The highest BCUT2D eigenvalue weighted by Crippen LogP contribution is 2.22. The van der Waals surface area contributed by atoms with Crippen molar-refractivity contribution in [2.24, 2.45) is 4.99 Å². The molecule has 4 heteroatoms. The highest BCUT2D eigenvalue weighted by atomic mass is 35.5.